The molecule has 0 saturated carbocycles. The number of aliphatic imine (C=N–C) groups is 2. The zero-order chi connectivity index (χ0) is 14.0. The van der Waals surface area contributed by atoms with E-state index >= 15 is 0 Å². The summed E-state index contributed by atoms with van der Waals surface area (Å²) in [6.45, 7) is 2.10. The van der Waals surface area contributed by atoms with Gasteiger partial charge in [0.05, 0.1) is 11.4 Å². The van der Waals surface area contributed by atoms with Gasteiger partial charge in [-0.1, -0.05) is 49.4 Å². The fraction of sp³-hybridized carbons (Fsp3) is 0.111. The van der Waals surface area contributed by atoms with E-state index in [0.717, 1.165) is 11.4 Å². The average molecular weight is 299 g/mol. The highest BCUT2D eigenvalue weighted by Crippen LogP contribution is 2.10. The third-order valence-corrected chi connectivity index (χ3v) is 2.70. The number of allylic oxidation sites excluding steroid dienone is 2. The van der Waals surface area contributed by atoms with Crippen LogP contribution in [0.2, 0.25) is 0 Å². The van der Waals surface area contributed by atoms with E-state index < -0.39 is 0 Å². The molecule has 3 heteroatoms. The molecule has 2 nitrogen and oxygen atoms in total. The second-order valence-corrected chi connectivity index (χ2v) is 4.47. The number of para-hydroxylation sites is 2. The molecule has 0 amide bonds. The van der Waals surface area contributed by atoms with Crippen molar-refractivity contribution in [3.05, 3.63) is 72.8 Å². The van der Waals surface area contributed by atoms with Gasteiger partial charge >= 0.3 is 0 Å². The highest BCUT2D eigenvalue weighted by Gasteiger charge is 1.90. The third-order valence-electron chi connectivity index (χ3n) is 2.70. The Bertz CT molecular complexity index is 589. The van der Waals surface area contributed by atoms with Crippen molar-refractivity contribution in [2.24, 2.45) is 15.9 Å². The standard InChI is InChI=1S/C18H18N2.ClH/c1-16(15-20-18-12-6-3-7-13-18)9-8-14-19-17-10-4-2-5-11-17;/h2-16H,1H3;1H. The number of nitrogens with zero attached hydrogens (tertiary/aromatic N) is 2. The Kier molecular flexibility index (Phi) is 7.77. The van der Waals surface area contributed by atoms with Gasteiger partial charge in [-0.05, 0) is 30.3 Å². The summed E-state index contributed by atoms with van der Waals surface area (Å²) in [5, 5.41) is 0. The SMILES string of the molecule is CC(C=CC=Nc1ccccc1)C=Nc1ccccc1.Cl. The Hall–Kier alpha value is -2.19. The van der Waals surface area contributed by atoms with E-state index in [1.165, 1.54) is 0 Å². The maximum atomic E-state index is 4.42. The minimum absolute atomic E-state index is 0. The first-order valence-corrected chi connectivity index (χ1v) is 6.70. The lowest BCUT2D eigenvalue weighted by Crippen LogP contribution is -1.89. The van der Waals surface area contributed by atoms with Crippen molar-refractivity contribution in [1.82, 2.24) is 0 Å². The Balaban J connectivity index is 0.00000220. The van der Waals surface area contributed by atoms with Crippen molar-refractivity contribution < 1.29 is 0 Å². The Morgan fingerprint density at radius 2 is 1.33 bits per heavy atom. The fourth-order valence-electron chi connectivity index (χ4n) is 1.64. The first-order chi connectivity index (χ1) is 9.84. The van der Waals surface area contributed by atoms with E-state index in [-0.39, 0.29) is 18.3 Å². The summed E-state index contributed by atoms with van der Waals surface area (Å²) in [5.41, 5.74) is 1.94. The van der Waals surface area contributed by atoms with Gasteiger partial charge in [-0.2, -0.15) is 0 Å². The summed E-state index contributed by atoms with van der Waals surface area (Å²) in [7, 11) is 0. The molecule has 0 fully saturated rings. The summed E-state index contributed by atoms with van der Waals surface area (Å²) in [6, 6.07) is 19.8. The highest BCUT2D eigenvalue weighted by atomic mass is 35.5. The second kappa shape index (κ2) is 9.67. The normalized spacial score (nSPS) is 12.8. The van der Waals surface area contributed by atoms with Crippen molar-refractivity contribution in [1.29, 1.82) is 0 Å². The molecule has 0 saturated heterocycles. The molecule has 0 spiro atoms. The number of halogens is 1. The number of rotatable bonds is 5. The molecule has 0 N–H and O–H groups in total. The molecule has 2 aromatic carbocycles. The Morgan fingerprint density at radius 1 is 0.810 bits per heavy atom. The highest BCUT2D eigenvalue weighted by molar-refractivity contribution is 5.85. The van der Waals surface area contributed by atoms with Crippen molar-refractivity contribution in [3.63, 3.8) is 0 Å². The van der Waals surface area contributed by atoms with Crippen molar-refractivity contribution in [3.8, 4) is 0 Å². The molecule has 21 heavy (non-hydrogen) atoms. The van der Waals surface area contributed by atoms with Crippen molar-refractivity contribution in [2.75, 3.05) is 0 Å². The summed E-state index contributed by atoms with van der Waals surface area (Å²) >= 11 is 0. The zero-order valence-corrected chi connectivity index (χ0v) is 12.8. The van der Waals surface area contributed by atoms with Crippen LogP contribution in [0.15, 0.2) is 82.8 Å². The fourth-order valence-corrected chi connectivity index (χ4v) is 1.64. The van der Waals surface area contributed by atoms with Crippen LogP contribution in [-0.2, 0) is 0 Å². The molecule has 0 aromatic heterocycles. The van der Waals surface area contributed by atoms with Gasteiger partial charge in [0, 0.05) is 18.3 Å². The molecule has 0 bridgehead atoms. The van der Waals surface area contributed by atoms with Crippen LogP contribution in [0.4, 0.5) is 11.4 Å². The predicted molar refractivity (Wildman–Crippen MR) is 94.7 cm³/mol. The van der Waals surface area contributed by atoms with Crippen LogP contribution < -0.4 is 0 Å². The number of hydrogen-bond donors (Lipinski definition) is 0. The molecular formula is C18H19ClN2. The Morgan fingerprint density at radius 3 is 1.90 bits per heavy atom. The molecule has 2 aromatic rings. The molecule has 1 unspecified atom stereocenters. The van der Waals surface area contributed by atoms with E-state index in [2.05, 4.69) is 23.0 Å². The van der Waals surface area contributed by atoms with Crippen LogP contribution in [0.25, 0.3) is 0 Å². The van der Waals surface area contributed by atoms with Gasteiger partial charge in [0.2, 0.25) is 0 Å². The summed E-state index contributed by atoms with van der Waals surface area (Å²) < 4.78 is 0. The van der Waals surface area contributed by atoms with Crippen LogP contribution in [-0.4, -0.2) is 12.4 Å². The Labute approximate surface area is 132 Å². The molecule has 2 rings (SSSR count). The maximum absolute atomic E-state index is 4.42. The van der Waals surface area contributed by atoms with Crippen LogP contribution in [0.3, 0.4) is 0 Å². The molecule has 0 heterocycles. The zero-order valence-electron chi connectivity index (χ0n) is 12.0. The third kappa shape index (κ3) is 6.68. The summed E-state index contributed by atoms with van der Waals surface area (Å²) in [4.78, 5) is 8.76. The van der Waals surface area contributed by atoms with Crippen molar-refractivity contribution in [2.45, 2.75) is 6.92 Å². The molecule has 0 aliphatic carbocycles. The summed E-state index contributed by atoms with van der Waals surface area (Å²) in [6.07, 6.45) is 7.76. The maximum Gasteiger partial charge on any atom is 0.0629 e. The van der Waals surface area contributed by atoms with Crippen LogP contribution in [0.1, 0.15) is 6.92 Å². The minimum Gasteiger partial charge on any atom is -0.261 e. The molecule has 108 valence electrons. The quantitative estimate of drug-likeness (QED) is 0.660. The average Bonchev–Trinajstić information content (AvgIpc) is 2.52. The van der Waals surface area contributed by atoms with Gasteiger partial charge in [0.25, 0.3) is 0 Å². The van der Waals surface area contributed by atoms with E-state index in [0.29, 0.717) is 0 Å². The lowest BCUT2D eigenvalue weighted by molar-refractivity contribution is 1.03. The number of benzene rings is 2. The van der Waals surface area contributed by atoms with Gasteiger partial charge < -0.3 is 0 Å². The summed E-state index contributed by atoms with van der Waals surface area (Å²) in [5.74, 6) is 0.275. The van der Waals surface area contributed by atoms with Crippen LogP contribution in [0, 0.1) is 5.92 Å². The lowest BCUT2D eigenvalue weighted by atomic mass is 10.2. The number of hydrogen-bond acceptors (Lipinski definition) is 2. The smallest absolute Gasteiger partial charge is 0.0629 e. The van der Waals surface area contributed by atoms with E-state index in [4.69, 9.17) is 0 Å². The minimum atomic E-state index is 0. The lowest BCUT2D eigenvalue weighted by Gasteiger charge is -1.96. The second-order valence-electron chi connectivity index (χ2n) is 4.47. The first-order valence-electron chi connectivity index (χ1n) is 6.70. The molecule has 1 atom stereocenters. The van der Waals surface area contributed by atoms with Gasteiger partial charge in [-0.3, -0.25) is 9.98 Å². The van der Waals surface area contributed by atoms with Gasteiger partial charge in [-0.15, -0.1) is 12.4 Å². The molecule has 0 radical (unpaired) electrons. The monoisotopic (exact) mass is 298 g/mol. The first kappa shape index (κ1) is 16.9. The molecular weight excluding hydrogens is 280 g/mol. The van der Waals surface area contributed by atoms with Crippen LogP contribution >= 0.6 is 12.4 Å². The van der Waals surface area contributed by atoms with E-state index in [1.807, 2.05) is 79.2 Å². The topological polar surface area (TPSA) is 24.7 Å². The van der Waals surface area contributed by atoms with Crippen molar-refractivity contribution >= 4 is 36.2 Å². The van der Waals surface area contributed by atoms with E-state index in [1.54, 1.807) is 0 Å². The van der Waals surface area contributed by atoms with Gasteiger partial charge in [0.1, 0.15) is 0 Å². The van der Waals surface area contributed by atoms with Crippen LogP contribution in [0.5, 0.6) is 0 Å². The molecule has 0 aliphatic heterocycles. The molecule has 0 aliphatic rings. The largest absolute Gasteiger partial charge is 0.261 e. The van der Waals surface area contributed by atoms with E-state index in [9.17, 15) is 0 Å². The predicted octanol–water partition coefficient (Wildman–Crippen LogP) is 5.41. The van der Waals surface area contributed by atoms with Gasteiger partial charge in [0.15, 0.2) is 0 Å². The van der Waals surface area contributed by atoms with Gasteiger partial charge in [-0.25, -0.2) is 0 Å².